The van der Waals surface area contributed by atoms with E-state index in [0.29, 0.717) is 0 Å². The van der Waals surface area contributed by atoms with Crippen LogP contribution in [0.3, 0.4) is 0 Å². The summed E-state index contributed by atoms with van der Waals surface area (Å²) in [5.41, 5.74) is -0.435. The van der Waals surface area contributed by atoms with E-state index < -0.39 is 41.8 Å². The van der Waals surface area contributed by atoms with Crippen molar-refractivity contribution in [2.75, 3.05) is 13.1 Å². The Morgan fingerprint density at radius 2 is 2.15 bits per heavy atom. The van der Waals surface area contributed by atoms with Crippen LogP contribution in [0.1, 0.15) is 10.4 Å². The fourth-order valence-electron chi connectivity index (χ4n) is 1.92. The van der Waals surface area contributed by atoms with Crippen LogP contribution < -0.4 is 5.32 Å². The second-order valence-electron chi connectivity index (χ2n) is 4.19. The number of halogens is 2. The summed E-state index contributed by atoms with van der Waals surface area (Å²) in [6, 6.07) is 2.43. The third-order valence-corrected chi connectivity index (χ3v) is 3.22. The normalized spacial score (nSPS) is 18.6. The minimum absolute atomic E-state index is 0.134. The lowest BCUT2D eigenvalue weighted by molar-refractivity contribution is -0.144. The zero-order chi connectivity index (χ0) is 14.9. The fraction of sp³-hybridized carbons (Fsp3) is 0.250. The average molecular weight is 301 g/mol. The number of nitrogens with one attached hydrogen (secondary N) is 1. The first-order chi connectivity index (χ1) is 9.41. The van der Waals surface area contributed by atoms with E-state index in [1.165, 1.54) is 12.1 Å². The van der Waals surface area contributed by atoms with Crippen LogP contribution in [0.5, 0.6) is 0 Å². The van der Waals surface area contributed by atoms with Gasteiger partial charge in [0.25, 0.3) is 5.91 Å². The molecule has 1 aromatic rings. The number of aliphatic carboxylic acids is 1. The number of piperazine rings is 1. The molecule has 0 radical (unpaired) electrons. The lowest BCUT2D eigenvalue weighted by atomic mass is 10.1. The Kier molecular flexibility index (Phi) is 3.89. The first-order valence-electron chi connectivity index (χ1n) is 5.66. The fourth-order valence-corrected chi connectivity index (χ4v) is 2.17. The van der Waals surface area contributed by atoms with Crippen molar-refractivity contribution in [3.8, 4) is 0 Å². The predicted octanol–water partition coefficient (Wildman–Crippen LogP) is 0.504. The number of hydrogen-bond acceptors (Lipinski definition) is 3. The molecule has 20 heavy (non-hydrogen) atoms. The van der Waals surface area contributed by atoms with E-state index >= 15 is 0 Å². The molecule has 2 rings (SSSR count). The van der Waals surface area contributed by atoms with Crippen LogP contribution in [0.4, 0.5) is 4.39 Å². The first-order valence-corrected chi connectivity index (χ1v) is 6.04. The van der Waals surface area contributed by atoms with E-state index in [1.54, 1.807) is 0 Å². The van der Waals surface area contributed by atoms with Gasteiger partial charge in [-0.1, -0.05) is 17.7 Å². The maximum Gasteiger partial charge on any atom is 0.328 e. The van der Waals surface area contributed by atoms with Gasteiger partial charge < -0.3 is 15.3 Å². The zero-order valence-corrected chi connectivity index (χ0v) is 10.9. The third kappa shape index (κ3) is 2.57. The molecule has 1 aliphatic rings. The average Bonchev–Trinajstić information content (AvgIpc) is 2.37. The van der Waals surface area contributed by atoms with Crippen LogP contribution in [-0.4, -0.2) is 46.9 Å². The quantitative estimate of drug-likeness (QED) is 0.833. The molecular formula is C12H10ClFN2O4. The summed E-state index contributed by atoms with van der Waals surface area (Å²) >= 11 is 5.77. The Balaban J connectivity index is 2.39. The maximum atomic E-state index is 13.7. The summed E-state index contributed by atoms with van der Waals surface area (Å²) in [7, 11) is 0. The summed E-state index contributed by atoms with van der Waals surface area (Å²) < 4.78 is 13.7. The lowest BCUT2D eigenvalue weighted by Gasteiger charge is -2.32. The number of carboxylic acids is 1. The molecule has 1 saturated heterocycles. The number of hydrogen-bond donors (Lipinski definition) is 2. The number of carbonyl (C=O) groups excluding carboxylic acids is 2. The van der Waals surface area contributed by atoms with Crippen LogP contribution >= 0.6 is 11.6 Å². The van der Waals surface area contributed by atoms with Crippen LogP contribution in [0, 0.1) is 5.82 Å². The first kappa shape index (κ1) is 14.3. The molecule has 1 atom stereocenters. The molecule has 0 saturated carbocycles. The molecule has 1 unspecified atom stereocenters. The number of amides is 2. The van der Waals surface area contributed by atoms with Gasteiger partial charge in [-0.25, -0.2) is 9.18 Å². The van der Waals surface area contributed by atoms with Gasteiger partial charge >= 0.3 is 5.97 Å². The Bertz CT molecular complexity index is 573. The van der Waals surface area contributed by atoms with E-state index in [9.17, 15) is 18.8 Å². The minimum atomic E-state index is -1.29. The largest absolute Gasteiger partial charge is 0.480 e. The number of carbonyl (C=O) groups is 3. The van der Waals surface area contributed by atoms with Gasteiger partial charge in [0.15, 0.2) is 0 Å². The molecule has 1 heterocycles. The molecule has 1 fully saturated rings. The number of benzene rings is 1. The highest BCUT2D eigenvalue weighted by Crippen LogP contribution is 2.22. The monoisotopic (exact) mass is 300 g/mol. The van der Waals surface area contributed by atoms with Gasteiger partial charge in [-0.2, -0.15) is 0 Å². The van der Waals surface area contributed by atoms with Crippen molar-refractivity contribution in [2.45, 2.75) is 6.04 Å². The van der Waals surface area contributed by atoms with Crippen LogP contribution in [0.2, 0.25) is 5.02 Å². The Labute approximate surface area is 118 Å². The van der Waals surface area contributed by atoms with Gasteiger partial charge in [0.2, 0.25) is 5.91 Å². The minimum Gasteiger partial charge on any atom is -0.480 e. The van der Waals surface area contributed by atoms with Crippen LogP contribution in [0.15, 0.2) is 18.2 Å². The molecular weight excluding hydrogens is 291 g/mol. The van der Waals surface area contributed by atoms with Gasteiger partial charge in [-0.3, -0.25) is 9.59 Å². The Morgan fingerprint density at radius 1 is 1.45 bits per heavy atom. The summed E-state index contributed by atoms with van der Waals surface area (Å²) in [5.74, 6) is -3.58. The highest BCUT2D eigenvalue weighted by molar-refractivity contribution is 6.34. The van der Waals surface area contributed by atoms with Gasteiger partial charge in [0.1, 0.15) is 18.4 Å². The SMILES string of the molecule is O=C1CN(C(=O)c2c(F)cccc2Cl)C(C(=O)O)CN1. The molecule has 8 heteroatoms. The van der Waals surface area contributed by atoms with Crippen molar-refractivity contribution in [2.24, 2.45) is 0 Å². The van der Waals surface area contributed by atoms with Gasteiger partial charge in [-0.15, -0.1) is 0 Å². The van der Waals surface area contributed by atoms with Crippen LogP contribution in [-0.2, 0) is 9.59 Å². The van der Waals surface area contributed by atoms with Crippen molar-refractivity contribution in [1.29, 1.82) is 0 Å². The smallest absolute Gasteiger partial charge is 0.328 e. The number of carboxylic acid groups (broad SMARTS) is 1. The van der Waals surface area contributed by atoms with Gasteiger partial charge in [0, 0.05) is 6.54 Å². The van der Waals surface area contributed by atoms with Crippen LogP contribution in [0.25, 0.3) is 0 Å². The zero-order valence-electron chi connectivity index (χ0n) is 10.1. The second kappa shape index (κ2) is 5.46. The topological polar surface area (TPSA) is 86.7 Å². The Morgan fingerprint density at radius 3 is 2.75 bits per heavy atom. The lowest BCUT2D eigenvalue weighted by Crippen LogP contribution is -2.59. The Hall–Kier alpha value is -2.15. The summed E-state index contributed by atoms with van der Waals surface area (Å²) in [6.45, 7) is -0.688. The molecule has 2 amide bonds. The highest BCUT2D eigenvalue weighted by Gasteiger charge is 2.37. The van der Waals surface area contributed by atoms with E-state index in [-0.39, 0.29) is 11.6 Å². The highest BCUT2D eigenvalue weighted by atomic mass is 35.5. The van der Waals surface area contributed by atoms with E-state index in [0.717, 1.165) is 11.0 Å². The van der Waals surface area contributed by atoms with Crippen molar-refractivity contribution in [3.05, 3.63) is 34.6 Å². The van der Waals surface area contributed by atoms with Crippen molar-refractivity contribution >= 4 is 29.4 Å². The van der Waals surface area contributed by atoms with Crippen molar-refractivity contribution in [1.82, 2.24) is 10.2 Å². The molecule has 106 valence electrons. The molecule has 6 nitrogen and oxygen atoms in total. The molecule has 0 aromatic heterocycles. The van der Waals surface area contributed by atoms with E-state index in [2.05, 4.69) is 5.32 Å². The van der Waals surface area contributed by atoms with Crippen molar-refractivity contribution in [3.63, 3.8) is 0 Å². The number of rotatable bonds is 2. The summed E-state index contributed by atoms with van der Waals surface area (Å²) in [6.07, 6.45) is 0. The standard InChI is InChI=1S/C12H10ClFN2O4/c13-6-2-1-3-7(14)10(6)11(18)16-5-9(17)15-4-8(16)12(19)20/h1-3,8H,4-5H2,(H,15,17)(H,19,20). The molecule has 2 N–H and O–H groups in total. The molecule has 0 bridgehead atoms. The molecule has 0 spiro atoms. The van der Waals surface area contributed by atoms with Gasteiger partial charge in [-0.05, 0) is 12.1 Å². The predicted molar refractivity (Wildman–Crippen MR) is 66.9 cm³/mol. The number of nitrogens with zero attached hydrogens (tertiary/aromatic N) is 1. The molecule has 0 aliphatic carbocycles. The second-order valence-corrected chi connectivity index (χ2v) is 4.60. The molecule has 1 aromatic carbocycles. The van der Waals surface area contributed by atoms with Crippen molar-refractivity contribution < 1.29 is 23.9 Å². The van der Waals surface area contributed by atoms with E-state index in [1.807, 2.05) is 0 Å². The molecule has 1 aliphatic heterocycles. The maximum absolute atomic E-state index is 13.7. The third-order valence-electron chi connectivity index (χ3n) is 2.91. The van der Waals surface area contributed by atoms with Gasteiger partial charge in [0.05, 0.1) is 10.6 Å². The summed E-state index contributed by atoms with van der Waals surface area (Å²) in [4.78, 5) is 35.5. The van der Waals surface area contributed by atoms with E-state index in [4.69, 9.17) is 16.7 Å². The summed E-state index contributed by atoms with van der Waals surface area (Å²) in [5, 5.41) is 11.3.